The Morgan fingerprint density at radius 1 is 0.939 bits per heavy atom. The normalized spacial score (nSPS) is 28.9. The lowest BCUT2D eigenvalue weighted by Gasteiger charge is -2.41. The van der Waals surface area contributed by atoms with Gasteiger partial charge < -0.3 is 54.7 Å². The van der Waals surface area contributed by atoms with Crippen LogP contribution in [0.1, 0.15) is 17.2 Å². The zero-order chi connectivity index (χ0) is 23.9. The van der Waals surface area contributed by atoms with Crippen LogP contribution in [-0.4, -0.2) is 80.2 Å². The van der Waals surface area contributed by atoms with Crippen molar-refractivity contribution in [3.05, 3.63) is 47.2 Å². The number of phenols is 3. The molecule has 1 fully saturated rings. The largest absolute Gasteiger partial charge is 0.508 e. The van der Waals surface area contributed by atoms with Crippen LogP contribution in [0.2, 0.25) is 0 Å². The van der Waals surface area contributed by atoms with Crippen LogP contribution in [0, 0.1) is 0 Å². The molecule has 0 amide bonds. The Morgan fingerprint density at radius 3 is 2.39 bits per heavy atom. The second kappa shape index (κ2) is 8.96. The molecule has 0 radical (unpaired) electrons. The van der Waals surface area contributed by atoms with Gasteiger partial charge in [-0.1, -0.05) is 6.07 Å². The van der Waals surface area contributed by atoms with Crippen LogP contribution in [-0.2, 0) is 9.47 Å². The predicted molar refractivity (Wildman–Crippen MR) is 111 cm³/mol. The van der Waals surface area contributed by atoms with E-state index in [1.54, 1.807) is 0 Å². The van der Waals surface area contributed by atoms with E-state index in [1.165, 1.54) is 37.5 Å². The van der Waals surface area contributed by atoms with Gasteiger partial charge in [-0.25, -0.2) is 0 Å². The van der Waals surface area contributed by atoms with Gasteiger partial charge in [-0.15, -0.1) is 0 Å². The van der Waals surface area contributed by atoms with Crippen molar-refractivity contribution in [2.75, 3.05) is 13.7 Å². The van der Waals surface area contributed by atoms with Gasteiger partial charge in [-0.05, 0) is 18.2 Å². The number of ether oxygens (including phenoxy) is 4. The Hall–Kier alpha value is -3.22. The van der Waals surface area contributed by atoms with Gasteiger partial charge in [0.2, 0.25) is 6.29 Å². The SMILES string of the molecule is COc1cc(C2Oc3cc(O)cc(O)c3C=C2O[C@@H]2O[C@@H](CO)[C@H](O)[C@@H](O)[C@@H]2O)ccc1O. The van der Waals surface area contributed by atoms with E-state index in [4.69, 9.17) is 18.9 Å². The van der Waals surface area contributed by atoms with Gasteiger partial charge in [0.25, 0.3) is 0 Å². The van der Waals surface area contributed by atoms with E-state index in [-0.39, 0.29) is 40.1 Å². The molecule has 11 nitrogen and oxygen atoms in total. The van der Waals surface area contributed by atoms with Crippen LogP contribution in [0.4, 0.5) is 0 Å². The first kappa shape index (κ1) is 23.0. The van der Waals surface area contributed by atoms with Crippen LogP contribution in [0.25, 0.3) is 6.08 Å². The zero-order valence-corrected chi connectivity index (χ0v) is 17.4. The van der Waals surface area contributed by atoms with Crippen LogP contribution < -0.4 is 9.47 Å². The summed E-state index contributed by atoms with van der Waals surface area (Å²) < 4.78 is 22.3. The number of methoxy groups -OCH3 is 1. The van der Waals surface area contributed by atoms with E-state index < -0.39 is 43.4 Å². The molecule has 1 saturated heterocycles. The highest BCUT2D eigenvalue weighted by Crippen LogP contribution is 2.45. The molecule has 6 atom stereocenters. The first-order valence-electron chi connectivity index (χ1n) is 10.0. The van der Waals surface area contributed by atoms with Crippen molar-refractivity contribution < 1.29 is 54.7 Å². The fourth-order valence-corrected chi connectivity index (χ4v) is 3.73. The molecular formula is C22H24O11. The van der Waals surface area contributed by atoms with Crippen LogP contribution in [0.5, 0.6) is 28.7 Å². The van der Waals surface area contributed by atoms with Gasteiger partial charge in [-0.2, -0.15) is 0 Å². The van der Waals surface area contributed by atoms with Crippen molar-refractivity contribution in [1.29, 1.82) is 0 Å². The molecule has 0 aromatic heterocycles. The number of hydrogen-bond donors (Lipinski definition) is 7. The number of aliphatic hydroxyl groups excluding tert-OH is 4. The van der Waals surface area contributed by atoms with Crippen molar-refractivity contribution in [3.8, 4) is 28.7 Å². The van der Waals surface area contributed by atoms with E-state index in [0.717, 1.165) is 6.07 Å². The molecule has 2 aromatic rings. The highest BCUT2D eigenvalue weighted by atomic mass is 16.7. The minimum absolute atomic E-state index is 0.0283. The molecule has 4 rings (SSSR count). The summed E-state index contributed by atoms with van der Waals surface area (Å²) >= 11 is 0. The number of rotatable bonds is 5. The molecule has 7 N–H and O–H groups in total. The fraction of sp³-hybridized carbons (Fsp3) is 0.364. The molecule has 33 heavy (non-hydrogen) atoms. The summed E-state index contributed by atoms with van der Waals surface area (Å²) in [5.41, 5.74) is 0.614. The third-order valence-corrected chi connectivity index (χ3v) is 5.50. The van der Waals surface area contributed by atoms with Gasteiger partial charge in [0, 0.05) is 17.7 Å². The highest BCUT2D eigenvalue weighted by Gasteiger charge is 2.46. The number of aliphatic hydroxyl groups is 4. The lowest BCUT2D eigenvalue weighted by Crippen LogP contribution is -2.59. The number of benzene rings is 2. The zero-order valence-electron chi connectivity index (χ0n) is 17.4. The van der Waals surface area contributed by atoms with E-state index in [9.17, 15) is 35.7 Å². The Bertz CT molecular complexity index is 1050. The van der Waals surface area contributed by atoms with E-state index >= 15 is 0 Å². The topological polar surface area (TPSA) is 179 Å². The smallest absolute Gasteiger partial charge is 0.228 e. The molecular weight excluding hydrogens is 440 g/mol. The minimum Gasteiger partial charge on any atom is -0.508 e. The first-order valence-corrected chi connectivity index (χ1v) is 10.0. The van der Waals surface area contributed by atoms with Crippen LogP contribution in [0.3, 0.4) is 0 Å². The number of fused-ring (bicyclic) bond motifs is 1. The number of aromatic hydroxyl groups is 3. The third kappa shape index (κ3) is 4.24. The average Bonchev–Trinajstić information content (AvgIpc) is 2.79. The van der Waals surface area contributed by atoms with Gasteiger partial charge in [0.05, 0.1) is 19.3 Å². The van der Waals surface area contributed by atoms with Crippen LogP contribution >= 0.6 is 0 Å². The van der Waals surface area contributed by atoms with E-state index in [1.807, 2.05) is 0 Å². The second-order valence-electron chi connectivity index (χ2n) is 7.67. The maximum absolute atomic E-state index is 10.4. The summed E-state index contributed by atoms with van der Waals surface area (Å²) in [6.07, 6.45) is -7.20. The molecule has 1 unspecified atom stereocenters. The van der Waals surface area contributed by atoms with E-state index in [2.05, 4.69) is 0 Å². The van der Waals surface area contributed by atoms with Crippen LogP contribution in [0.15, 0.2) is 36.1 Å². The summed E-state index contributed by atoms with van der Waals surface area (Å²) in [6.45, 7) is -0.637. The number of phenolic OH excluding ortho intramolecular Hbond substituents is 3. The summed E-state index contributed by atoms with van der Waals surface area (Å²) in [5.74, 6) is -0.353. The van der Waals surface area contributed by atoms with Crippen molar-refractivity contribution in [2.24, 2.45) is 0 Å². The molecule has 11 heteroatoms. The Morgan fingerprint density at radius 2 is 1.70 bits per heavy atom. The molecule has 0 spiro atoms. The van der Waals surface area contributed by atoms with Gasteiger partial charge >= 0.3 is 0 Å². The summed E-state index contributed by atoms with van der Waals surface area (Å²) in [5, 5.41) is 69.9. The Balaban J connectivity index is 1.75. The maximum atomic E-state index is 10.4. The quantitative estimate of drug-likeness (QED) is 0.319. The molecule has 2 aromatic carbocycles. The van der Waals surface area contributed by atoms with Gasteiger partial charge in [0.15, 0.2) is 17.6 Å². The lowest BCUT2D eigenvalue weighted by molar-refractivity contribution is -0.293. The predicted octanol–water partition coefficient (Wildman–Crippen LogP) is 0.103. The molecule has 2 aliphatic rings. The minimum atomic E-state index is -1.67. The summed E-state index contributed by atoms with van der Waals surface area (Å²) in [7, 11) is 1.37. The monoisotopic (exact) mass is 464 g/mol. The number of hydrogen-bond acceptors (Lipinski definition) is 11. The standard InChI is InChI=1S/C22H24O11/c1-30-15-4-9(2-3-12(15)25)21-16(7-11-13(26)5-10(24)6-14(11)31-21)32-22-20(29)19(28)18(27)17(8-23)33-22/h2-7,17-29H,8H2,1H3/t17-,18-,19+,20-,21?,22+/m0/s1. The van der Waals surface area contributed by atoms with Crippen molar-refractivity contribution in [3.63, 3.8) is 0 Å². The molecule has 178 valence electrons. The van der Waals surface area contributed by atoms with Crippen molar-refractivity contribution in [1.82, 2.24) is 0 Å². The molecule has 0 bridgehead atoms. The Kier molecular flexibility index (Phi) is 6.23. The molecule has 2 heterocycles. The Labute approximate surface area is 187 Å². The third-order valence-electron chi connectivity index (χ3n) is 5.50. The first-order chi connectivity index (χ1) is 15.7. The maximum Gasteiger partial charge on any atom is 0.228 e. The summed E-state index contributed by atoms with van der Waals surface area (Å²) in [4.78, 5) is 0. The van der Waals surface area contributed by atoms with Crippen molar-refractivity contribution >= 4 is 6.08 Å². The average molecular weight is 464 g/mol. The molecule has 0 saturated carbocycles. The van der Waals surface area contributed by atoms with E-state index in [0.29, 0.717) is 5.56 Å². The van der Waals surface area contributed by atoms with Gasteiger partial charge in [0.1, 0.15) is 47.4 Å². The van der Waals surface area contributed by atoms with Crippen molar-refractivity contribution in [2.45, 2.75) is 36.8 Å². The molecule has 2 aliphatic heterocycles. The summed E-state index contributed by atoms with van der Waals surface area (Å²) in [6, 6.07) is 6.78. The lowest BCUT2D eigenvalue weighted by atomic mass is 9.98. The second-order valence-corrected chi connectivity index (χ2v) is 7.67. The fourth-order valence-electron chi connectivity index (χ4n) is 3.73. The molecule has 0 aliphatic carbocycles. The van der Waals surface area contributed by atoms with Gasteiger partial charge in [-0.3, -0.25) is 0 Å². The highest BCUT2D eigenvalue weighted by molar-refractivity contribution is 5.69.